The summed E-state index contributed by atoms with van der Waals surface area (Å²) in [6.07, 6.45) is 31.8. The lowest BCUT2D eigenvalue weighted by molar-refractivity contribution is -0.0837. The first-order chi connectivity index (χ1) is 19.2. The maximum Gasteiger partial charge on any atom is 0.100 e. The van der Waals surface area contributed by atoms with Gasteiger partial charge in [-0.25, -0.2) is 0 Å². The minimum Gasteiger partial charge on any atom is -0.390 e. The average Bonchev–Trinajstić information content (AvgIpc) is 2.97. The van der Waals surface area contributed by atoms with Gasteiger partial charge in [0.1, 0.15) is 6.04 Å². The molecular weight excluding hydrogens is 482 g/mol. The van der Waals surface area contributed by atoms with Gasteiger partial charge >= 0.3 is 0 Å². The summed E-state index contributed by atoms with van der Waals surface area (Å²) in [5.41, 5.74) is 3.33. The molecule has 0 aliphatic heterocycles. The molecule has 0 aromatic rings. The van der Waals surface area contributed by atoms with Crippen molar-refractivity contribution in [2.45, 2.75) is 147 Å². The molecule has 0 spiro atoms. The summed E-state index contributed by atoms with van der Waals surface area (Å²) in [7, 11) is 0. The Hall–Kier alpha value is -1.04. The van der Waals surface area contributed by atoms with Gasteiger partial charge in [0.05, 0.1) is 18.8 Å². The van der Waals surface area contributed by atoms with Crippen LogP contribution in [0.5, 0.6) is 0 Å². The van der Waals surface area contributed by atoms with E-state index in [1.54, 1.807) is 0 Å². The maximum atomic E-state index is 11.4. The van der Waals surface area contributed by atoms with Crippen LogP contribution in [0.1, 0.15) is 122 Å². The molecule has 2 N–H and O–H groups in total. The third-order valence-corrected chi connectivity index (χ3v) is 11.0. The number of fused-ring (bicyclic) bond motifs is 1. The lowest BCUT2D eigenvalue weighted by Gasteiger charge is -2.45. The molecule has 0 bridgehead atoms. The first-order valence-corrected chi connectivity index (χ1v) is 17.0. The lowest BCUT2D eigenvalue weighted by atomic mass is 9.64. The van der Waals surface area contributed by atoms with Gasteiger partial charge in [-0.05, 0) is 93.8 Å². The number of aliphatic hydroxyl groups excluding tert-OH is 1. The molecule has 220 valence electrons. The smallest absolute Gasteiger partial charge is 0.100 e. The molecule has 5 nitrogen and oxygen atoms in total. The Kier molecular flexibility index (Phi) is 11.5. The van der Waals surface area contributed by atoms with Crippen molar-refractivity contribution in [3.05, 3.63) is 24.3 Å². The molecule has 5 saturated carbocycles. The predicted molar refractivity (Wildman–Crippen MR) is 159 cm³/mol. The summed E-state index contributed by atoms with van der Waals surface area (Å²) < 4.78 is 0. The van der Waals surface area contributed by atoms with Gasteiger partial charge in [-0.15, -0.1) is 0 Å². The molecule has 5 aliphatic carbocycles. The van der Waals surface area contributed by atoms with Crippen LogP contribution in [0.15, 0.2) is 34.5 Å². The summed E-state index contributed by atoms with van der Waals surface area (Å²) >= 11 is 0. The van der Waals surface area contributed by atoms with Crippen LogP contribution in [0.2, 0.25) is 0 Å². The number of rotatable bonds is 9. The van der Waals surface area contributed by atoms with Crippen molar-refractivity contribution in [3.8, 4) is 0 Å². The second kappa shape index (κ2) is 15.3. The highest BCUT2D eigenvalue weighted by Gasteiger charge is 2.45. The van der Waals surface area contributed by atoms with Crippen molar-refractivity contribution in [2.24, 2.45) is 45.7 Å². The molecule has 0 aromatic carbocycles. The SMILES string of the molecule is CC1CCC(/C=C/C=C/C2CCC(N=NC3C(O)C(CONC4CCCCC4)CC4CCCCC43)CC2)CC1. The normalized spacial score (nSPS) is 40.9. The van der Waals surface area contributed by atoms with E-state index in [0.29, 0.717) is 36.4 Å². The zero-order valence-electron chi connectivity index (χ0n) is 24.8. The fraction of sp³-hybridized carbons (Fsp3) is 0.882. The van der Waals surface area contributed by atoms with Crippen molar-refractivity contribution >= 4 is 0 Å². The van der Waals surface area contributed by atoms with Crippen LogP contribution < -0.4 is 5.48 Å². The zero-order chi connectivity index (χ0) is 26.9. The number of aliphatic hydroxyl groups is 1. The van der Waals surface area contributed by atoms with Gasteiger partial charge in [-0.3, -0.25) is 0 Å². The maximum absolute atomic E-state index is 11.4. The van der Waals surface area contributed by atoms with E-state index in [9.17, 15) is 5.11 Å². The summed E-state index contributed by atoms with van der Waals surface area (Å²) in [5, 5.41) is 21.3. The molecule has 0 aromatic heterocycles. The Balaban J connectivity index is 1.08. The first kappa shape index (κ1) is 29.5. The molecular formula is C34H57N3O2. The number of azo groups is 1. The molecule has 0 heterocycles. The molecule has 0 saturated heterocycles. The quantitative estimate of drug-likeness (QED) is 0.176. The zero-order valence-corrected chi connectivity index (χ0v) is 24.8. The Morgan fingerprint density at radius 1 is 0.744 bits per heavy atom. The highest BCUT2D eigenvalue weighted by molar-refractivity contribution is 5.07. The van der Waals surface area contributed by atoms with E-state index in [-0.39, 0.29) is 12.0 Å². The van der Waals surface area contributed by atoms with Gasteiger partial charge in [0, 0.05) is 12.0 Å². The number of hydrogen-bond donors (Lipinski definition) is 2. The van der Waals surface area contributed by atoms with Crippen LogP contribution in [-0.2, 0) is 4.84 Å². The summed E-state index contributed by atoms with van der Waals surface area (Å²) in [5.74, 6) is 3.72. The van der Waals surface area contributed by atoms with Gasteiger partial charge < -0.3 is 9.94 Å². The number of nitrogens with zero attached hydrogens (tertiary/aromatic N) is 2. The Bertz CT molecular complexity index is 790. The number of nitrogens with one attached hydrogen (secondary N) is 1. The molecule has 5 aliphatic rings. The van der Waals surface area contributed by atoms with Crippen LogP contribution in [0.3, 0.4) is 0 Å². The monoisotopic (exact) mass is 539 g/mol. The fourth-order valence-corrected chi connectivity index (χ4v) is 8.35. The predicted octanol–water partition coefficient (Wildman–Crippen LogP) is 8.35. The average molecular weight is 540 g/mol. The van der Waals surface area contributed by atoms with E-state index in [1.807, 2.05) is 0 Å². The lowest BCUT2D eigenvalue weighted by Crippen LogP contribution is -2.49. The van der Waals surface area contributed by atoms with Crippen LogP contribution >= 0.6 is 0 Å². The number of hydroxylamine groups is 1. The minimum absolute atomic E-state index is 0.0436. The van der Waals surface area contributed by atoms with Gasteiger partial charge in [-0.2, -0.15) is 15.7 Å². The molecule has 5 fully saturated rings. The van der Waals surface area contributed by atoms with Gasteiger partial charge in [0.15, 0.2) is 0 Å². The topological polar surface area (TPSA) is 66.2 Å². The molecule has 5 rings (SSSR count). The van der Waals surface area contributed by atoms with Crippen molar-refractivity contribution in [1.82, 2.24) is 5.48 Å². The van der Waals surface area contributed by atoms with Gasteiger partial charge in [0.2, 0.25) is 0 Å². The second-order valence-electron chi connectivity index (χ2n) is 14.0. The van der Waals surface area contributed by atoms with Gasteiger partial charge in [-0.1, -0.05) is 82.6 Å². The van der Waals surface area contributed by atoms with Crippen LogP contribution in [0.4, 0.5) is 0 Å². The van der Waals surface area contributed by atoms with Crippen LogP contribution in [0.25, 0.3) is 0 Å². The van der Waals surface area contributed by atoms with Crippen LogP contribution in [-0.4, -0.2) is 35.9 Å². The fourth-order valence-electron chi connectivity index (χ4n) is 8.35. The largest absolute Gasteiger partial charge is 0.390 e. The first-order valence-electron chi connectivity index (χ1n) is 17.0. The van der Waals surface area contributed by atoms with E-state index in [4.69, 9.17) is 15.1 Å². The highest BCUT2D eigenvalue weighted by Crippen LogP contribution is 2.45. The Morgan fingerprint density at radius 2 is 1.38 bits per heavy atom. The number of hydrogen-bond acceptors (Lipinski definition) is 5. The molecule has 5 unspecified atom stereocenters. The molecule has 5 atom stereocenters. The minimum atomic E-state index is -0.431. The van der Waals surface area contributed by atoms with Crippen molar-refractivity contribution < 1.29 is 9.94 Å². The summed E-state index contributed by atoms with van der Waals surface area (Å²) in [6.45, 7) is 2.99. The molecule has 0 radical (unpaired) electrons. The van der Waals surface area contributed by atoms with Gasteiger partial charge in [0.25, 0.3) is 0 Å². The molecule has 5 heteroatoms. The summed E-state index contributed by atoms with van der Waals surface area (Å²) in [6, 6.07) is 0.769. The third-order valence-electron chi connectivity index (χ3n) is 11.0. The molecule has 39 heavy (non-hydrogen) atoms. The van der Waals surface area contributed by atoms with Crippen LogP contribution in [0, 0.1) is 35.5 Å². The standard InChI is InChI=1S/C34H57N3O2/c1-25-15-17-26(18-16-25)9-5-6-10-27-19-21-30(22-20-27)35-36-33-32-14-8-7-11-28(32)23-29(34(33)38)24-39-37-31-12-3-2-4-13-31/h5-6,9-10,25-34,37-38H,2-4,7-8,11-24H2,1H3/b9-5+,10-6+,36-35?. The highest BCUT2D eigenvalue weighted by atomic mass is 16.6. The summed E-state index contributed by atoms with van der Waals surface area (Å²) in [4.78, 5) is 6.00. The van der Waals surface area contributed by atoms with E-state index in [1.165, 1.54) is 96.3 Å². The van der Waals surface area contributed by atoms with E-state index in [0.717, 1.165) is 31.1 Å². The van der Waals surface area contributed by atoms with Crippen molar-refractivity contribution in [1.29, 1.82) is 0 Å². The number of allylic oxidation sites excluding steroid dienone is 4. The van der Waals surface area contributed by atoms with E-state index >= 15 is 0 Å². The molecule has 0 amide bonds. The van der Waals surface area contributed by atoms with Crippen molar-refractivity contribution in [3.63, 3.8) is 0 Å². The van der Waals surface area contributed by atoms with E-state index in [2.05, 4.69) is 36.7 Å². The third kappa shape index (κ3) is 8.72. The van der Waals surface area contributed by atoms with Crippen molar-refractivity contribution in [2.75, 3.05) is 6.61 Å². The van der Waals surface area contributed by atoms with E-state index < -0.39 is 6.10 Å². The Morgan fingerprint density at radius 3 is 2.10 bits per heavy atom. The Labute approximate surface area is 238 Å². The second-order valence-corrected chi connectivity index (χ2v) is 14.0.